The van der Waals surface area contributed by atoms with Gasteiger partial charge in [-0.3, -0.25) is 4.57 Å². The first kappa shape index (κ1) is 19.7. The van der Waals surface area contributed by atoms with Crippen molar-refractivity contribution in [2.45, 2.75) is 30.3 Å². The number of aliphatic hydroxyl groups is 2. The number of aromatic nitrogens is 4. The molecule has 0 unspecified atom stereocenters. The summed E-state index contributed by atoms with van der Waals surface area (Å²) in [6.07, 6.45) is -0.768. The number of hydrogen-bond acceptors (Lipinski definition) is 8. The zero-order valence-electron chi connectivity index (χ0n) is 14.4. The van der Waals surface area contributed by atoms with Crippen molar-refractivity contribution >= 4 is 51.9 Å². The molecule has 1 saturated heterocycles. The van der Waals surface area contributed by atoms with Gasteiger partial charge in [0.15, 0.2) is 17.7 Å². The lowest BCUT2D eigenvalue weighted by molar-refractivity contribution is -0.0289. The smallest absolute Gasteiger partial charge is 0.167 e. The fourth-order valence-electron chi connectivity index (χ4n) is 3.08. The van der Waals surface area contributed by atoms with Crippen molar-refractivity contribution in [2.75, 3.05) is 11.5 Å². The Bertz CT molecular complexity index is 1000. The van der Waals surface area contributed by atoms with Crippen LogP contribution in [-0.2, 0) is 10.5 Å². The molecule has 4 N–H and O–H groups in total. The number of thioether (sulfide) groups is 1. The van der Waals surface area contributed by atoms with Crippen molar-refractivity contribution in [3.8, 4) is 0 Å². The van der Waals surface area contributed by atoms with E-state index in [0.29, 0.717) is 32.7 Å². The summed E-state index contributed by atoms with van der Waals surface area (Å²) in [5.74, 6) is 1.34. The average molecular weight is 442 g/mol. The average Bonchev–Trinajstić information content (AvgIpc) is 3.21. The lowest BCUT2D eigenvalue weighted by Crippen LogP contribution is -2.32. The van der Waals surface area contributed by atoms with Crippen molar-refractivity contribution < 1.29 is 14.9 Å². The van der Waals surface area contributed by atoms with Crippen LogP contribution in [0.25, 0.3) is 11.2 Å². The summed E-state index contributed by atoms with van der Waals surface area (Å²) in [5, 5.41) is 22.1. The van der Waals surface area contributed by atoms with Crippen molar-refractivity contribution in [2.24, 2.45) is 0 Å². The first-order valence-corrected chi connectivity index (χ1v) is 10.3. The van der Waals surface area contributed by atoms with E-state index < -0.39 is 24.5 Å². The monoisotopic (exact) mass is 441 g/mol. The Hall–Kier alpha value is -1.62. The van der Waals surface area contributed by atoms with E-state index in [1.807, 2.05) is 6.07 Å². The summed E-state index contributed by atoms with van der Waals surface area (Å²) in [6.45, 7) is 0. The Morgan fingerprint density at radius 2 is 2.00 bits per heavy atom. The molecular weight excluding hydrogens is 425 g/mol. The predicted octanol–water partition coefficient (Wildman–Crippen LogP) is 2.27. The number of benzene rings is 1. The molecule has 0 spiro atoms. The molecule has 28 heavy (non-hydrogen) atoms. The summed E-state index contributed by atoms with van der Waals surface area (Å²) >= 11 is 13.6. The molecule has 2 aromatic heterocycles. The normalized spacial score (nSPS) is 24.9. The maximum absolute atomic E-state index is 10.5. The number of rotatable bonds is 5. The van der Waals surface area contributed by atoms with Gasteiger partial charge in [0.25, 0.3) is 0 Å². The predicted molar refractivity (Wildman–Crippen MR) is 108 cm³/mol. The molecule has 0 amide bonds. The highest BCUT2D eigenvalue weighted by molar-refractivity contribution is 7.98. The SMILES string of the molecule is Nc1ncnc2c1ncn2[C@@H]1O[C@H](CSCc2ccc(Cl)cc2Cl)[C@@H](O)[C@H]1O. The molecule has 0 saturated carbocycles. The number of fused-ring (bicyclic) bond motifs is 1. The van der Waals surface area contributed by atoms with Crippen LogP contribution in [0.3, 0.4) is 0 Å². The minimum absolute atomic E-state index is 0.240. The third kappa shape index (κ3) is 3.66. The molecule has 4 atom stereocenters. The fourth-order valence-corrected chi connectivity index (χ4v) is 4.73. The third-order valence-electron chi connectivity index (χ3n) is 4.55. The number of hydrogen-bond donors (Lipinski definition) is 3. The van der Waals surface area contributed by atoms with Gasteiger partial charge in [-0.15, -0.1) is 0 Å². The van der Waals surface area contributed by atoms with E-state index in [0.717, 1.165) is 5.56 Å². The van der Waals surface area contributed by atoms with Gasteiger partial charge in [-0.25, -0.2) is 15.0 Å². The molecule has 3 aromatic rings. The first-order valence-electron chi connectivity index (χ1n) is 8.42. The molecule has 8 nitrogen and oxygen atoms in total. The topological polar surface area (TPSA) is 119 Å². The minimum Gasteiger partial charge on any atom is -0.387 e. The lowest BCUT2D eigenvalue weighted by Gasteiger charge is -2.16. The zero-order chi connectivity index (χ0) is 19.8. The van der Waals surface area contributed by atoms with E-state index >= 15 is 0 Å². The lowest BCUT2D eigenvalue weighted by atomic mass is 10.1. The summed E-state index contributed by atoms with van der Waals surface area (Å²) in [5.41, 5.74) is 7.59. The van der Waals surface area contributed by atoms with E-state index in [1.165, 1.54) is 12.7 Å². The van der Waals surface area contributed by atoms with Crippen molar-refractivity contribution in [1.82, 2.24) is 19.5 Å². The van der Waals surface area contributed by atoms with Crippen LogP contribution in [0.2, 0.25) is 10.0 Å². The minimum atomic E-state index is -1.13. The number of ether oxygens (including phenoxy) is 1. The number of anilines is 1. The van der Waals surface area contributed by atoms with Gasteiger partial charge in [-0.05, 0) is 17.7 Å². The van der Waals surface area contributed by atoms with Crippen LogP contribution in [0.1, 0.15) is 11.8 Å². The molecule has 0 bridgehead atoms. The molecular formula is C17H17Cl2N5O3S. The highest BCUT2D eigenvalue weighted by Gasteiger charge is 2.44. The number of imidazole rings is 1. The summed E-state index contributed by atoms with van der Waals surface area (Å²) in [6, 6.07) is 5.34. The van der Waals surface area contributed by atoms with Crippen LogP contribution in [0.4, 0.5) is 5.82 Å². The summed E-state index contributed by atoms with van der Waals surface area (Å²) in [4.78, 5) is 12.2. The van der Waals surface area contributed by atoms with Gasteiger partial charge in [-0.1, -0.05) is 29.3 Å². The molecule has 1 aliphatic rings. The Kier molecular flexibility index (Phi) is 5.64. The van der Waals surface area contributed by atoms with Crippen molar-refractivity contribution in [1.29, 1.82) is 0 Å². The van der Waals surface area contributed by atoms with E-state index in [9.17, 15) is 10.2 Å². The van der Waals surface area contributed by atoms with Crippen molar-refractivity contribution in [3.05, 3.63) is 46.5 Å². The van der Waals surface area contributed by atoms with Gasteiger partial charge < -0.3 is 20.7 Å². The first-order chi connectivity index (χ1) is 13.5. The standard InChI is InChI=1S/C17H17Cl2N5O3S/c18-9-2-1-8(10(19)3-9)4-28-5-11-13(25)14(26)17(27-11)24-7-23-12-15(20)21-6-22-16(12)24/h1-3,6-7,11,13-14,17,25-26H,4-5H2,(H2,20,21,22)/t11-,13-,14-,17-/m1/s1. The largest absolute Gasteiger partial charge is 0.387 e. The van der Waals surface area contributed by atoms with Gasteiger partial charge in [0, 0.05) is 21.6 Å². The molecule has 1 fully saturated rings. The second kappa shape index (κ2) is 8.02. The van der Waals surface area contributed by atoms with Gasteiger partial charge >= 0.3 is 0 Å². The number of nitrogen functional groups attached to an aromatic ring is 1. The van der Waals surface area contributed by atoms with E-state index in [2.05, 4.69) is 15.0 Å². The Balaban J connectivity index is 1.45. The fraction of sp³-hybridized carbons (Fsp3) is 0.353. The van der Waals surface area contributed by atoms with Gasteiger partial charge in [0.1, 0.15) is 24.1 Å². The molecule has 148 valence electrons. The molecule has 4 rings (SSSR count). The third-order valence-corrected chi connectivity index (χ3v) is 6.22. The summed E-state index contributed by atoms with van der Waals surface area (Å²) < 4.78 is 7.47. The van der Waals surface area contributed by atoms with E-state index in [4.69, 9.17) is 33.7 Å². The molecule has 0 aliphatic carbocycles. The Morgan fingerprint density at radius 1 is 1.18 bits per heavy atom. The van der Waals surface area contributed by atoms with Crippen LogP contribution < -0.4 is 5.73 Å². The molecule has 11 heteroatoms. The Morgan fingerprint density at radius 3 is 2.79 bits per heavy atom. The molecule has 1 aliphatic heterocycles. The van der Waals surface area contributed by atoms with E-state index in [1.54, 1.807) is 28.5 Å². The van der Waals surface area contributed by atoms with Crippen LogP contribution in [-0.4, -0.2) is 53.8 Å². The Labute approximate surface area is 174 Å². The van der Waals surface area contributed by atoms with Gasteiger partial charge in [-0.2, -0.15) is 11.8 Å². The molecule has 0 radical (unpaired) electrons. The van der Waals surface area contributed by atoms with Gasteiger partial charge in [0.05, 0.1) is 12.4 Å². The molecule has 3 heterocycles. The number of nitrogens with two attached hydrogens (primary N) is 1. The molecule has 1 aromatic carbocycles. The van der Waals surface area contributed by atoms with Crippen molar-refractivity contribution in [3.63, 3.8) is 0 Å². The highest BCUT2D eigenvalue weighted by Crippen LogP contribution is 2.34. The quantitative estimate of drug-likeness (QED) is 0.551. The maximum Gasteiger partial charge on any atom is 0.167 e. The van der Waals surface area contributed by atoms with Crippen LogP contribution in [0.15, 0.2) is 30.9 Å². The number of aliphatic hydroxyl groups excluding tert-OH is 2. The highest BCUT2D eigenvalue weighted by atomic mass is 35.5. The summed E-state index contributed by atoms with van der Waals surface area (Å²) in [7, 11) is 0. The van der Waals surface area contributed by atoms with Crippen LogP contribution in [0.5, 0.6) is 0 Å². The number of halogens is 2. The second-order valence-corrected chi connectivity index (χ2v) is 8.25. The van der Waals surface area contributed by atoms with Crippen LogP contribution in [0, 0.1) is 0 Å². The van der Waals surface area contributed by atoms with Crippen LogP contribution >= 0.6 is 35.0 Å². The van der Waals surface area contributed by atoms with Gasteiger partial charge in [0.2, 0.25) is 0 Å². The van der Waals surface area contributed by atoms with E-state index in [-0.39, 0.29) is 5.82 Å². The maximum atomic E-state index is 10.5. The second-order valence-electron chi connectivity index (χ2n) is 6.38. The number of nitrogens with zero attached hydrogens (tertiary/aromatic N) is 4. The zero-order valence-corrected chi connectivity index (χ0v) is 16.8.